The number of hydrogen-bond acceptors (Lipinski definition) is 6. The molecular formula is C75H116O6. The molecule has 0 saturated heterocycles. The largest absolute Gasteiger partial charge is 0.462 e. The molecule has 6 nitrogen and oxygen atoms in total. The molecular weight excluding hydrogens is 997 g/mol. The van der Waals surface area contributed by atoms with Crippen molar-refractivity contribution in [3.05, 3.63) is 182 Å². The second-order valence-electron chi connectivity index (χ2n) is 20.5. The van der Waals surface area contributed by atoms with Gasteiger partial charge < -0.3 is 14.2 Å². The summed E-state index contributed by atoms with van der Waals surface area (Å²) in [6, 6.07) is 0. The average Bonchev–Trinajstić information content (AvgIpc) is 3.46. The normalized spacial score (nSPS) is 13.4. The van der Waals surface area contributed by atoms with Crippen molar-refractivity contribution >= 4 is 17.9 Å². The highest BCUT2D eigenvalue weighted by molar-refractivity contribution is 5.71. The first kappa shape index (κ1) is 75.5. The molecule has 0 radical (unpaired) electrons. The summed E-state index contributed by atoms with van der Waals surface area (Å²) in [4.78, 5) is 38.2. The van der Waals surface area contributed by atoms with Gasteiger partial charge in [-0.25, -0.2) is 0 Å². The Balaban J connectivity index is 4.29. The van der Waals surface area contributed by atoms with Crippen LogP contribution in [0.3, 0.4) is 0 Å². The summed E-state index contributed by atoms with van der Waals surface area (Å²) in [6.45, 7) is 6.20. The van der Waals surface area contributed by atoms with E-state index in [9.17, 15) is 14.4 Å². The van der Waals surface area contributed by atoms with Crippen molar-refractivity contribution in [2.75, 3.05) is 13.2 Å². The van der Waals surface area contributed by atoms with Crippen LogP contribution in [0, 0.1) is 0 Å². The van der Waals surface area contributed by atoms with Gasteiger partial charge >= 0.3 is 17.9 Å². The number of esters is 3. The lowest BCUT2D eigenvalue weighted by molar-refractivity contribution is -0.166. The molecule has 0 aromatic carbocycles. The molecule has 0 amide bonds. The van der Waals surface area contributed by atoms with Gasteiger partial charge in [-0.1, -0.05) is 274 Å². The fraction of sp³-hybridized carbons (Fsp3) is 0.560. The van der Waals surface area contributed by atoms with Gasteiger partial charge in [-0.2, -0.15) is 0 Å². The topological polar surface area (TPSA) is 78.9 Å². The maximum Gasteiger partial charge on any atom is 0.306 e. The number of unbranched alkanes of at least 4 members (excludes halogenated alkanes) is 15. The zero-order chi connectivity index (χ0) is 58.5. The maximum atomic E-state index is 12.9. The smallest absolute Gasteiger partial charge is 0.306 e. The van der Waals surface area contributed by atoms with E-state index in [4.69, 9.17) is 14.2 Å². The summed E-state index contributed by atoms with van der Waals surface area (Å²) in [5.41, 5.74) is 0. The Labute approximate surface area is 497 Å². The van der Waals surface area contributed by atoms with Gasteiger partial charge in [-0.05, 0) is 141 Å². The molecule has 0 bridgehead atoms. The van der Waals surface area contributed by atoms with Crippen LogP contribution in [0.1, 0.15) is 252 Å². The van der Waals surface area contributed by atoms with E-state index >= 15 is 0 Å². The van der Waals surface area contributed by atoms with Crippen LogP contribution >= 0.6 is 0 Å². The fourth-order valence-electron chi connectivity index (χ4n) is 8.19. The summed E-state index contributed by atoms with van der Waals surface area (Å²) >= 11 is 0. The first-order valence-corrected chi connectivity index (χ1v) is 32.3. The summed E-state index contributed by atoms with van der Waals surface area (Å²) in [6.07, 6.45) is 101. The van der Waals surface area contributed by atoms with Crippen LogP contribution in [0.15, 0.2) is 182 Å². The molecule has 0 aliphatic heterocycles. The lowest BCUT2D eigenvalue weighted by Gasteiger charge is -2.18. The fourth-order valence-corrected chi connectivity index (χ4v) is 8.19. The predicted octanol–water partition coefficient (Wildman–Crippen LogP) is 22.4. The summed E-state index contributed by atoms with van der Waals surface area (Å²) in [5, 5.41) is 0. The zero-order valence-electron chi connectivity index (χ0n) is 51.7. The van der Waals surface area contributed by atoms with Crippen molar-refractivity contribution in [3.63, 3.8) is 0 Å². The molecule has 0 rings (SSSR count). The molecule has 0 aliphatic rings. The first-order valence-electron chi connectivity index (χ1n) is 32.3. The zero-order valence-corrected chi connectivity index (χ0v) is 51.7. The molecule has 1 unspecified atom stereocenters. The highest BCUT2D eigenvalue weighted by Crippen LogP contribution is 2.14. The number of ether oxygens (including phenoxy) is 3. The van der Waals surface area contributed by atoms with E-state index in [0.29, 0.717) is 12.8 Å². The quantitative estimate of drug-likeness (QED) is 0.0261. The summed E-state index contributed by atoms with van der Waals surface area (Å²) in [5.74, 6) is -1.03. The van der Waals surface area contributed by atoms with Crippen LogP contribution in [-0.4, -0.2) is 37.2 Å². The lowest BCUT2D eigenvalue weighted by Crippen LogP contribution is -2.30. The van der Waals surface area contributed by atoms with E-state index < -0.39 is 6.10 Å². The Kier molecular flexibility index (Phi) is 62.5. The molecule has 1 atom stereocenters. The van der Waals surface area contributed by atoms with Crippen molar-refractivity contribution in [1.82, 2.24) is 0 Å². The summed E-state index contributed by atoms with van der Waals surface area (Å²) < 4.78 is 16.8. The molecule has 81 heavy (non-hydrogen) atoms. The van der Waals surface area contributed by atoms with E-state index in [1.165, 1.54) is 44.9 Å². The first-order chi connectivity index (χ1) is 40.0. The van der Waals surface area contributed by atoms with Crippen LogP contribution in [-0.2, 0) is 28.6 Å². The molecule has 452 valence electrons. The molecule has 0 N–H and O–H groups in total. The van der Waals surface area contributed by atoms with Crippen LogP contribution in [0.4, 0.5) is 0 Å². The highest BCUT2D eigenvalue weighted by Gasteiger charge is 2.19. The van der Waals surface area contributed by atoms with Crippen molar-refractivity contribution in [3.8, 4) is 0 Å². The molecule has 0 aliphatic carbocycles. The second kappa shape index (κ2) is 67.0. The third kappa shape index (κ3) is 65.2. The Hall–Kier alpha value is -5.49. The van der Waals surface area contributed by atoms with Crippen molar-refractivity contribution in [2.45, 2.75) is 258 Å². The SMILES string of the molecule is CC/C=C\C/C=C\C/C=C\C/C=C\C/C=C\C/C=C\C/C=C\C/C=C\CCCCCCCCCCCCC(=O)OCC(COC(=O)CC/C=C\C/C=C\C/C=C\C/C=C\CC)OC(=O)CCCCCCC/C=C\C/C=C\C/C=C\CC. The molecule has 0 aromatic heterocycles. The number of carbonyl (C=O) groups is 3. The third-order valence-corrected chi connectivity index (χ3v) is 12.9. The van der Waals surface area contributed by atoms with Gasteiger partial charge in [0.2, 0.25) is 0 Å². The van der Waals surface area contributed by atoms with Crippen LogP contribution in [0.2, 0.25) is 0 Å². The van der Waals surface area contributed by atoms with Crippen molar-refractivity contribution < 1.29 is 28.6 Å². The van der Waals surface area contributed by atoms with Gasteiger partial charge in [0.05, 0.1) is 0 Å². The molecule has 0 aromatic rings. The van der Waals surface area contributed by atoms with Gasteiger partial charge in [0.25, 0.3) is 0 Å². The summed E-state index contributed by atoms with van der Waals surface area (Å²) in [7, 11) is 0. The number of rotatable bonds is 56. The number of allylic oxidation sites excluding steroid dienone is 30. The van der Waals surface area contributed by atoms with Crippen LogP contribution in [0.25, 0.3) is 0 Å². The minimum atomic E-state index is -0.827. The van der Waals surface area contributed by atoms with Gasteiger partial charge in [-0.3, -0.25) is 14.4 Å². The monoisotopic (exact) mass is 1110 g/mol. The van der Waals surface area contributed by atoms with E-state index in [-0.39, 0.29) is 44.0 Å². The lowest BCUT2D eigenvalue weighted by atomic mass is 10.1. The third-order valence-electron chi connectivity index (χ3n) is 12.9. The van der Waals surface area contributed by atoms with E-state index in [1.54, 1.807) is 0 Å². The Morgan fingerprint density at radius 2 is 0.469 bits per heavy atom. The standard InChI is InChI=1S/C75H116O6/c1-4-7-10-13-16-19-22-25-27-28-29-30-31-32-33-34-35-36-37-38-39-40-41-42-43-44-45-46-48-50-53-56-59-62-65-68-74(77)80-71-72(70-79-73(76)67-64-61-58-55-52-49-24-21-18-15-12-9-6-3)81-75(78)69-66-63-60-57-54-51-47-26-23-20-17-14-11-8-5-2/h7-12,16-21,25-27,29-30,32-33,35-36,38-39,41-42,47,49,52,58,61,72H,4-6,13-15,22-24,28,31,34,37,40,43-46,48,50-51,53-57,59-60,62-71H2,1-3H3/b10-7-,11-8-,12-9-,19-16-,20-17-,21-18-,27-25-,30-29-,33-32-,36-35-,39-38-,42-41-,47-26-,52-49-,61-58-. The van der Waals surface area contributed by atoms with E-state index in [0.717, 1.165) is 161 Å². The van der Waals surface area contributed by atoms with Crippen molar-refractivity contribution in [1.29, 1.82) is 0 Å². The second-order valence-corrected chi connectivity index (χ2v) is 20.5. The van der Waals surface area contributed by atoms with Crippen LogP contribution in [0.5, 0.6) is 0 Å². The molecule has 0 spiro atoms. The molecule has 6 heteroatoms. The van der Waals surface area contributed by atoms with Gasteiger partial charge in [0.1, 0.15) is 13.2 Å². The predicted molar refractivity (Wildman–Crippen MR) is 352 cm³/mol. The minimum absolute atomic E-state index is 0.117. The van der Waals surface area contributed by atoms with E-state index in [1.807, 2.05) is 12.2 Å². The van der Waals surface area contributed by atoms with Crippen molar-refractivity contribution in [2.24, 2.45) is 0 Å². The number of carbonyl (C=O) groups excluding carboxylic acids is 3. The molecule has 0 fully saturated rings. The molecule has 0 saturated carbocycles. The number of hydrogen-bond donors (Lipinski definition) is 0. The average molecular weight is 1110 g/mol. The van der Waals surface area contributed by atoms with E-state index in [2.05, 4.69) is 191 Å². The van der Waals surface area contributed by atoms with Gasteiger partial charge in [0, 0.05) is 19.3 Å². The molecule has 0 heterocycles. The van der Waals surface area contributed by atoms with Gasteiger partial charge in [0.15, 0.2) is 6.10 Å². The Bertz CT molecular complexity index is 1900. The highest BCUT2D eigenvalue weighted by atomic mass is 16.6. The Morgan fingerprint density at radius 1 is 0.247 bits per heavy atom. The minimum Gasteiger partial charge on any atom is -0.462 e. The maximum absolute atomic E-state index is 12.9. The Morgan fingerprint density at radius 3 is 0.765 bits per heavy atom. The van der Waals surface area contributed by atoms with Gasteiger partial charge in [-0.15, -0.1) is 0 Å². The van der Waals surface area contributed by atoms with Crippen LogP contribution < -0.4 is 0 Å².